The number of fused-ring (bicyclic) bond motifs is 2. The van der Waals surface area contributed by atoms with Crippen LogP contribution in [-0.2, 0) is 0 Å². The number of aromatic amines is 2. The van der Waals surface area contributed by atoms with Gasteiger partial charge in [0.05, 0.1) is 23.1 Å². The molecular formula is C27H31N9O. The van der Waals surface area contributed by atoms with Gasteiger partial charge in [0.1, 0.15) is 18.2 Å². The molecule has 6 heterocycles. The molecule has 0 aromatic carbocycles. The van der Waals surface area contributed by atoms with Crippen LogP contribution in [0.25, 0.3) is 44.5 Å². The molecule has 0 bridgehead atoms. The van der Waals surface area contributed by atoms with Gasteiger partial charge in [-0.1, -0.05) is 0 Å². The molecule has 0 atom stereocenters. The Morgan fingerprint density at radius 2 is 1.81 bits per heavy atom. The highest BCUT2D eigenvalue weighted by Gasteiger charge is 2.20. The van der Waals surface area contributed by atoms with E-state index in [1.54, 1.807) is 6.20 Å². The maximum absolute atomic E-state index is 5.88. The van der Waals surface area contributed by atoms with E-state index in [1.807, 2.05) is 44.8 Å². The van der Waals surface area contributed by atoms with Crippen molar-refractivity contribution in [3.05, 3.63) is 49.1 Å². The monoisotopic (exact) mass is 497 g/mol. The lowest BCUT2D eigenvalue weighted by atomic mass is 10.1. The van der Waals surface area contributed by atoms with Gasteiger partial charge in [0.15, 0.2) is 5.65 Å². The Kier molecular flexibility index (Phi) is 6.19. The molecule has 5 aromatic rings. The number of likely N-dealkylation sites (N-methyl/N-ethyl adjacent to an activating group) is 2. The highest BCUT2D eigenvalue weighted by atomic mass is 16.5. The molecule has 1 aliphatic heterocycles. The number of ether oxygens (including phenoxy) is 1. The molecule has 0 spiro atoms. The number of anilines is 1. The smallest absolute Gasteiger partial charge is 0.181 e. The van der Waals surface area contributed by atoms with Crippen molar-refractivity contribution in [1.82, 2.24) is 39.9 Å². The van der Waals surface area contributed by atoms with Crippen LogP contribution in [0, 0.1) is 0 Å². The van der Waals surface area contributed by atoms with Crippen LogP contribution in [0.4, 0.5) is 5.82 Å². The van der Waals surface area contributed by atoms with Crippen molar-refractivity contribution >= 4 is 27.8 Å². The molecule has 0 unspecified atom stereocenters. The Labute approximate surface area is 215 Å². The van der Waals surface area contributed by atoms with E-state index in [0.717, 1.165) is 83.1 Å². The number of rotatable bonds is 7. The number of hydrogen-bond acceptors (Lipinski definition) is 8. The fraction of sp³-hybridized carbons (Fsp3) is 0.333. The van der Waals surface area contributed by atoms with Gasteiger partial charge in [-0.3, -0.25) is 10.1 Å². The summed E-state index contributed by atoms with van der Waals surface area (Å²) in [5.41, 5.74) is 5.48. The molecule has 5 aromatic heterocycles. The average molecular weight is 498 g/mol. The third-order valence-corrected chi connectivity index (χ3v) is 6.86. The number of hydrogen-bond donors (Lipinski definition) is 2. The van der Waals surface area contributed by atoms with Crippen LogP contribution in [0.15, 0.2) is 49.1 Å². The van der Waals surface area contributed by atoms with Crippen LogP contribution in [0.2, 0.25) is 0 Å². The number of aromatic nitrogens is 6. The lowest BCUT2D eigenvalue weighted by molar-refractivity contribution is 0.261. The van der Waals surface area contributed by atoms with Crippen molar-refractivity contribution in [2.45, 2.75) is 0 Å². The summed E-state index contributed by atoms with van der Waals surface area (Å²) in [7, 11) is 6.21. The van der Waals surface area contributed by atoms with Gasteiger partial charge >= 0.3 is 0 Å². The second-order valence-electron chi connectivity index (χ2n) is 9.82. The summed E-state index contributed by atoms with van der Waals surface area (Å²) >= 11 is 0. The third kappa shape index (κ3) is 4.73. The van der Waals surface area contributed by atoms with Gasteiger partial charge in [-0.05, 0) is 45.4 Å². The van der Waals surface area contributed by atoms with E-state index in [-0.39, 0.29) is 0 Å². The molecule has 10 nitrogen and oxygen atoms in total. The molecule has 10 heteroatoms. The van der Waals surface area contributed by atoms with Crippen molar-refractivity contribution in [2.75, 3.05) is 65.4 Å². The first-order valence-corrected chi connectivity index (χ1v) is 12.5. The molecule has 0 saturated carbocycles. The molecule has 0 aliphatic carbocycles. The number of nitrogens with zero attached hydrogens (tertiary/aromatic N) is 7. The first-order chi connectivity index (χ1) is 18.0. The summed E-state index contributed by atoms with van der Waals surface area (Å²) < 4.78 is 5.88. The predicted octanol–water partition coefficient (Wildman–Crippen LogP) is 3.26. The van der Waals surface area contributed by atoms with Gasteiger partial charge in [-0.2, -0.15) is 5.10 Å². The molecule has 6 rings (SSSR count). The number of nitrogens with one attached hydrogen (secondary N) is 2. The van der Waals surface area contributed by atoms with E-state index in [4.69, 9.17) is 9.72 Å². The first kappa shape index (κ1) is 23.4. The minimum atomic E-state index is 0.604. The van der Waals surface area contributed by atoms with Crippen LogP contribution in [0.1, 0.15) is 0 Å². The van der Waals surface area contributed by atoms with Crippen molar-refractivity contribution in [2.24, 2.45) is 0 Å². The predicted molar refractivity (Wildman–Crippen MR) is 146 cm³/mol. The van der Waals surface area contributed by atoms with Gasteiger partial charge in [0.2, 0.25) is 0 Å². The summed E-state index contributed by atoms with van der Waals surface area (Å²) in [4.78, 5) is 24.1. The van der Waals surface area contributed by atoms with E-state index in [2.05, 4.69) is 59.0 Å². The maximum atomic E-state index is 5.88. The zero-order valence-electron chi connectivity index (χ0n) is 21.4. The average Bonchev–Trinajstić information content (AvgIpc) is 3.53. The largest absolute Gasteiger partial charge is 0.491 e. The molecule has 0 amide bonds. The zero-order chi connectivity index (χ0) is 25.4. The van der Waals surface area contributed by atoms with E-state index in [1.165, 1.54) is 0 Å². The van der Waals surface area contributed by atoms with Crippen LogP contribution >= 0.6 is 0 Å². The quantitative estimate of drug-likeness (QED) is 0.353. The highest BCUT2D eigenvalue weighted by molar-refractivity contribution is 5.99. The minimum Gasteiger partial charge on any atom is -0.491 e. The Morgan fingerprint density at radius 3 is 2.65 bits per heavy atom. The van der Waals surface area contributed by atoms with Gasteiger partial charge in [0.25, 0.3) is 0 Å². The molecular weight excluding hydrogens is 466 g/mol. The fourth-order valence-electron chi connectivity index (χ4n) is 4.71. The molecule has 1 saturated heterocycles. The lowest BCUT2D eigenvalue weighted by Crippen LogP contribution is -2.44. The van der Waals surface area contributed by atoms with Crippen molar-refractivity contribution in [3.63, 3.8) is 0 Å². The highest BCUT2D eigenvalue weighted by Crippen LogP contribution is 2.34. The number of piperazine rings is 1. The standard InChI is InChI=1S/C27H31N9O/c1-34(2)10-11-37-20-12-18(15-28-17-20)19-13-22-25(32-33-26(22)30-16-19)24-14-21-23(31-24)4-5-29-27(21)36-8-6-35(3)7-9-36/h4-5,12-17,31H,6-11H2,1-3H3,(H,30,32,33). The van der Waals surface area contributed by atoms with Crippen LogP contribution in [0.3, 0.4) is 0 Å². The summed E-state index contributed by atoms with van der Waals surface area (Å²) in [6, 6.07) is 8.29. The number of H-pyrrole nitrogens is 2. The van der Waals surface area contributed by atoms with E-state index in [0.29, 0.717) is 12.3 Å². The lowest BCUT2D eigenvalue weighted by Gasteiger charge is -2.33. The Balaban J connectivity index is 1.33. The first-order valence-electron chi connectivity index (χ1n) is 12.5. The molecule has 1 fully saturated rings. The number of pyridine rings is 3. The summed E-state index contributed by atoms with van der Waals surface area (Å²) in [5.74, 6) is 1.76. The molecule has 2 N–H and O–H groups in total. The molecule has 37 heavy (non-hydrogen) atoms. The maximum Gasteiger partial charge on any atom is 0.181 e. The summed E-state index contributed by atoms with van der Waals surface area (Å²) in [6.07, 6.45) is 7.28. The summed E-state index contributed by atoms with van der Waals surface area (Å²) in [6.45, 7) is 5.45. The zero-order valence-corrected chi connectivity index (χ0v) is 21.4. The van der Waals surface area contributed by atoms with Crippen molar-refractivity contribution in [1.29, 1.82) is 0 Å². The molecule has 190 valence electrons. The minimum absolute atomic E-state index is 0.604. The van der Waals surface area contributed by atoms with E-state index < -0.39 is 0 Å². The Hall–Kier alpha value is -4.02. The van der Waals surface area contributed by atoms with Gasteiger partial charge in [-0.25, -0.2) is 9.97 Å². The topological polar surface area (TPSA) is 102 Å². The van der Waals surface area contributed by atoms with Gasteiger partial charge in [0, 0.05) is 73.2 Å². The summed E-state index contributed by atoms with van der Waals surface area (Å²) in [5, 5.41) is 9.71. The van der Waals surface area contributed by atoms with Crippen molar-refractivity contribution in [3.8, 4) is 28.3 Å². The molecule has 0 radical (unpaired) electrons. The second kappa shape index (κ2) is 9.79. The normalized spacial score (nSPS) is 14.8. The Morgan fingerprint density at radius 1 is 0.973 bits per heavy atom. The SMILES string of the molecule is CN(C)CCOc1cncc(-c2cnc3n[nH]c(-c4cc5c(N6CCN(C)CC6)nccc5[nH]4)c3c2)c1. The van der Waals surface area contributed by atoms with Crippen LogP contribution in [-0.4, -0.2) is 100 Å². The van der Waals surface area contributed by atoms with Crippen LogP contribution < -0.4 is 9.64 Å². The van der Waals surface area contributed by atoms with Crippen molar-refractivity contribution < 1.29 is 4.74 Å². The van der Waals surface area contributed by atoms with E-state index >= 15 is 0 Å². The van der Waals surface area contributed by atoms with E-state index in [9.17, 15) is 0 Å². The third-order valence-electron chi connectivity index (χ3n) is 6.86. The second-order valence-corrected chi connectivity index (χ2v) is 9.82. The Bertz CT molecular complexity index is 1530. The fourth-order valence-corrected chi connectivity index (χ4v) is 4.71. The van der Waals surface area contributed by atoms with Crippen LogP contribution in [0.5, 0.6) is 5.75 Å². The molecule has 1 aliphatic rings. The van der Waals surface area contributed by atoms with Gasteiger partial charge in [-0.15, -0.1) is 0 Å². The van der Waals surface area contributed by atoms with Gasteiger partial charge < -0.3 is 24.4 Å².